The molecule has 0 aliphatic carbocycles. The van der Waals surface area contributed by atoms with Gasteiger partial charge in [0.25, 0.3) is 0 Å². The Hall–Kier alpha value is 0.758. The van der Waals surface area contributed by atoms with E-state index in [2.05, 4.69) is 4.72 Å². The molecule has 1 unspecified atom stereocenters. The van der Waals surface area contributed by atoms with Crippen molar-refractivity contribution in [1.29, 1.82) is 0 Å². The summed E-state index contributed by atoms with van der Waals surface area (Å²) in [5, 5.41) is 0. The van der Waals surface area contributed by atoms with Crippen LogP contribution in [0.3, 0.4) is 0 Å². The van der Waals surface area contributed by atoms with Crippen molar-refractivity contribution in [3.8, 4) is 0 Å². The summed E-state index contributed by atoms with van der Waals surface area (Å²) in [6, 6.07) is 0. The van der Waals surface area contributed by atoms with Crippen molar-refractivity contribution >= 4 is 11.3 Å². The monoisotopic (exact) mass is 308 g/mol. The molecule has 0 amide bonds. The van der Waals surface area contributed by atoms with Gasteiger partial charge < -0.3 is 7.43 Å². The maximum absolute atomic E-state index is 9.60. The molecule has 0 spiro atoms. The third-order valence-electron chi connectivity index (χ3n) is 0.268. The van der Waals surface area contributed by atoms with E-state index >= 15 is 0 Å². The quantitative estimate of drug-likeness (QED) is 0.565. The minimum Gasteiger partial charge on any atom is -0.358 e. The summed E-state index contributed by atoms with van der Waals surface area (Å²) in [5.41, 5.74) is 0. The molecular formula is C3H10NO2SW-. The molecule has 0 aliphatic rings. The average molecular weight is 308 g/mol. The molecule has 5 heteroatoms. The fraction of sp³-hybridized carbons (Fsp3) is 0.667. The van der Waals surface area contributed by atoms with Crippen molar-refractivity contribution in [2.45, 2.75) is 6.92 Å². The maximum atomic E-state index is 9.60. The third kappa shape index (κ3) is 15.9. The Bertz CT molecular complexity index is 61.2. The van der Waals surface area contributed by atoms with Gasteiger partial charge in [0.05, 0.1) is 0 Å². The van der Waals surface area contributed by atoms with Gasteiger partial charge in [-0.05, 0) is 0 Å². The van der Waals surface area contributed by atoms with E-state index in [0.29, 0.717) is 6.54 Å². The van der Waals surface area contributed by atoms with Crippen molar-refractivity contribution in [1.82, 2.24) is 4.72 Å². The fourth-order valence-corrected chi connectivity index (χ4v) is 0.370. The zero-order valence-electron chi connectivity index (χ0n) is 4.88. The predicted octanol–water partition coefficient (Wildman–Crippen LogP) is 0.180. The Labute approximate surface area is 66.9 Å². The number of nitrogens with one attached hydrogen (secondary N) is 1. The van der Waals surface area contributed by atoms with Crippen LogP contribution < -0.4 is 4.72 Å². The maximum Gasteiger partial charge on any atom is 0.231 e. The Kier molecular flexibility index (Phi) is 21.2. The molecule has 0 aromatic carbocycles. The van der Waals surface area contributed by atoms with Crippen LogP contribution in [0.1, 0.15) is 6.92 Å². The zero-order valence-corrected chi connectivity index (χ0v) is 8.63. The number of hydrogen-bond donors (Lipinski definition) is 2. The van der Waals surface area contributed by atoms with Crippen LogP contribution in [-0.4, -0.2) is 15.3 Å². The van der Waals surface area contributed by atoms with Crippen LogP contribution in [0.5, 0.6) is 0 Å². The van der Waals surface area contributed by atoms with Crippen molar-refractivity contribution in [2.75, 3.05) is 6.54 Å². The number of rotatable bonds is 2. The molecular weight excluding hydrogens is 298 g/mol. The molecule has 0 saturated heterocycles. The van der Waals surface area contributed by atoms with Gasteiger partial charge in [0.2, 0.25) is 11.3 Å². The molecule has 0 aliphatic heterocycles. The van der Waals surface area contributed by atoms with Gasteiger partial charge in [0, 0.05) is 27.6 Å². The molecule has 2 N–H and O–H groups in total. The van der Waals surface area contributed by atoms with Gasteiger partial charge in [-0.2, -0.15) is 0 Å². The van der Waals surface area contributed by atoms with Crippen LogP contribution >= 0.6 is 0 Å². The summed E-state index contributed by atoms with van der Waals surface area (Å²) < 4.78 is 19.7. The van der Waals surface area contributed by atoms with Crippen molar-refractivity contribution < 1.29 is 29.8 Å². The van der Waals surface area contributed by atoms with Gasteiger partial charge in [-0.1, -0.05) is 6.92 Å². The Morgan fingerprint density at radius 1 is 1.75 bits per heavy atom. The second kappa shape index (κ2) is 10.7. The first-order chi connectivity index (χ1) is 2.77. The molecule has 0 aromatic rings. The van der Waals surface area contributed by atoms with Gasteiger partial charge in [0.15, 0.2) is 0 Å². The molecule has 0 heterocycles. The van der Waals surface area contributed by atoms with Gasteiger partial charge in [-0.15, -0.1) is 0 Å². The van der Waals surface area contributed by atoms with Crippen LogP contribution in [0.4, 0.5) is 0 Å². The summed E-state index contributed by atoms with van der Waals surface area (Å²) >= 11 is -1.82. The molecule has 0 saturated carbocycles. The molecule has 0 aromatic heterocycles. The first kappa shape index (κ1) is 15.9. The van der Waals surface area contributed by atoms with Gasteiger partial charge in [0.1, 0.15) is 0 Å². The Balaban J connectivity index is -0.000000125. The van der Waals surface area contributed by atoms with E-state index in [1.54, 1.807) is 6.92 Å². The third-order valence-corrected chi connectivity index (χ3v) is 0.803. The molecule has 52 valence electrons. The van der Waals surface area contributed by atoms with Gasteiger partial charge >= 0.3 is 0 Å². The predicted molar refractivity (Wildman–Crippen MR) is 30.9 cm³/mol. The molecule has 0 rings (SSSR count). The van der Waals surface area contributed by atoms with E-state index in [1.807, 2.05) is 0 Å². The van der Waals surface area contributed by atoms with Crippen LogP contribution in [-0.2, 0) is 32.3 Å². The van der Waals surface area contributed by atoms with Crippen molar-refractivity contribution in [3.63, 3.8) is 0 Å². The zero-order chi connectivity index (χ0) is 4.99. The molecule has 0 bridgehead atoms. The van der Waals surface area contributed by atoms with Gasteiger partial charge in [-0.3, -0.25) is 4.55 Å². The second-order valence-electron chi connectivity index (χ2n) is 0.747. The number of hydrogen-bond acceptors (Lipinski definition) is 1. The molecule has 3 nitrogen and oxygen atoms in total. The average Bonchev–Trinajstić information content (AvgIpc) is 1.35. The van der Waals surface area contributed by atoms with E-state index < -0.39 is 11.3 Å². The minimum atomic E-state index is -1.82. The first-order valence-electron chi connectivity index (χ1n) is 1.61. The summed E-state index contributed by atoms with van der Waals surface area (Å²) in [7, 11) is 0. The van der Waals surface area contributed by atoms with Crippen molar-refractivity contribution in [2.24, 2.45) is 0 Å². The van der Waals surface area contributed by atoms with E-state index in [1.165, 1.54) is 0 Å². The second-order valence-corrected chi connectivity index (χ2v) is 1.53. The topological polar surface area (TPSA) is 49.3 Å². The van der Waals surface area contributed by atoms with Gasteiger partial charge in [-0.25, -0.2) is 8.93 Å². The van der Waals surface area contributed by atoms with Crippen LogP contribution in [0.15, 0.2) is 0 Å². The SMILES string of the molecule is CCNS(=O)O.[CH3-].[W]. The molecule has 1 atom stereocenters. The standard InChI is InChI=1S/C2H7NO2S.CH3.W/c1-2-3-6(4)5;;/h3H,2H2,1H3,(H,4,5);1H3;/q;-1;. The summed E-state index contributed by atoms with van der Waals surface area (Å²) in [6.45, 7) is 2.29. The van der Waals surface area contributed by atoms with Crippen LogP contribution in [0.2, 0.25) is 0 Å². The van der Waals surface area contributed by atoms with Crippen molar-refractivity contribution in [3.05, 3.63) is 7.43 Å². The fourth-order valence-electron chi connectivity index (χ4n) is 0.123. The van der Waals surface area contributed by atoms with Crippen LogP contribution in [0, 0.1) is 7.43 Å². The van der Waals surface area contributed by atoms with Crippen LogP contribution in [0.25, 0.3) is 0 Å². The molecule has 0 radical (unpaired) electrons. The Morgan fingerprint density at radius 3 is 2.12 bits per heavy atom. The Morgan fingerprint density at radius 2 is 2.12 bits per heavy atom. The van der Waals surface area contributed by atoms with E-state index in [-0.39, 0.29) is 28.5 Å². The summed E-state index contributed by atoms with van der Waals surface area (Å²) in [5.74, 6) is 0. The van der Waals surface area contributed by atoms with E-state index in [0.717, 1.165) is 0 Å². The normalized spacial score (nSPS) is 10.8. The minimum absolute atomic E-state index is 0. The first-order valence-corrected chi connectivity index (χ1v) is 2.72. The molecule has 0 fully saturated rings. The summed E-state index contributed by atoms with van der Waals surface area (Å²) in [6.07, 6.45) is 0. The van der Waals surface area contributed by atoms with E-state index in [9.17, 15) is 4.21 Å². The largest absolute Gasteiger partial charge is 0.358 e. The van der Waals surface area contributed by atoms with E-state index in [4.69, 9.17) is 4.55 Å². The smallest absolute Gasteiger partial charge is 0.231 e. The summed E-state index contributed by atoms with van der Waals surface area (Å²) in [4.78, 5) is 0. The molecule has 8 heavy (non-hydrogen) atoms.